The SMILES string of the molecule is CCCCCOCCCCCC1CCc2cc(-c3ccc(OCC(Cl)CCCC)cc3)c(F)c(F)c2C1. The molecule has 0 fully saturated rings. The molecule has 206 valence electrons. The lowest BCUT2D eigenvalue weighted by atomic mass is 9.80. The number of rotatable bonds is 17. The van der Waals surface area contributed by atoms with Crippen LogP contribution in [-0.2, 0) is 17.6 Å². The lowest BCUT2D eigenvalue weighted by molar-refractivity contribution is 0.125. The van der Waals surface area contributed by atoms with Crippen LogP contribution in [0.1, 0.15) is 95.6 Å². The maximum Gasteiger partial charge on any atom is 0.166 e. The molecule has 0 saturated carbocycles. The van der Waals surface area contributed by atoms with Crippen LogP contribution in [0.2, 0.25) is 0 Å². The number of ether oxygens (including phenoxy) is 2. The average molecular weight is 535 g/mol. The van der Waals surface area contributed by atoms with E-state index < -0.39 is 11.6 Å². The Morgan fingerprint density at radius 1 is 0.919 bits per heavy atom. The first kappa shape index (κ1) is 29.9. The summed E-state index contributed by atoms with van der Waals surface area (Å²) in [6.07, 6.45) is 13.6. The maximum atomic E-state index is 15.2. The molecule has 5 heteroatoms. The fourth-order valence-corrected chi connectivity index (χ4v) is 5.38. The number of alkyl halides is 1. The van der Waals surface area contributed by atoms with Crippen molar-refractivity contribution in [2.45, 2.75) is 103 Å². The van der Waals surface area contributed by atoms with Crippen molar-refractivity contribution in [2.75, 3.05) is 19.8 Å². The van der Waals surface area contributed by atoms with E-state index in [0.717, 1.165) is 83.0 Å². The van der Waals surface area contributed by atoms with Gasteiger partial charge < -0.3 is 9.47 Å². The third kappa shape index (κ3) is 9.55. The summed E-state index contributed by atoms with van der Waals surface area (Å²) in [4.78, 5) is 0. The largest absolute Gasteiger partial charge is 0.492 e. The van der Waals surface area contributed by atoms with Crippen LogP contribution in [-0.4, -0.2) is 25.2 Å². The monoisotopic (exact) mass is 534 g/mol. The Labute approximate surface area is 228 Å². The Balaban J connectivity index is 1.50. The Kier molecular flexibility index (Phi) is 13.2. The highest BCUT2D eigenvalue weighted by atomic mass is 35.5. The van der Waals surface area contributed by atoms with Crippen LogP contribution < -0.4 is 4.74 Å². The molecule has 2 nitrogen and oxygen atoms in total. The van der Waals surface area contributed by atoms with Crippen molar-refractivity contribution in [1.29, 1.82) is 0 Å². The maximum absolute atomic E-state index is 15.2. The highest BCUT2D eigenvalue weighted by Gasteiger charge is 2.26. The Morgan fingerprint density at radius 2 is 1.65 bits per heavy atom. The van der Waals surface area contributed by atoms with Crippen molar-refractivity contribution in [3.8, 4) is 16.9 Å². The van der Waals surface area contributed by atoms with E-state index in [1.807, 2.05) is 18.2 Å². The van der Waals surface area contributed by atoms with Gasteiger partial charge in [-0.05, 0) is 79.3 Å². The molecule has 0 amide bonds. The molecule has 1 aliphatic rings. The van der Waals surface area contributed by atoms with Crippen LogP contribution in [0.4, 0.5) is 8.78 Å². The third-order valence-electron chi connectivity index (χ3n) is 7.48. The summed E-state index contributed by atoms with van der Waals surface area (Å²) in [6.45, 7) is 6.48. The number of benzene rings is 2. The first-order chi connectivity index (χ1) is 18.0. The molecule has 0 bridgehead atoms. The standard InChI is InChI=1S/C32H45ClF2O2/c1-3-5-9-19-36-20-10-7-8-11-24-13-14-26-22-30(32(35)31(34)29(26)21-24)25-15-17-28(18-16-25)37-23-27(33)12-6-4-2/h15-18,22,24,27H,3-14,19-21,23H2,1-2H3. The normalized spacial score (nSPS) is 16.0. The molecule has 3 rings (SSSR count). The number of unbranched alkanes of at least 4 members (excludes halogenated alkanes) is 5. The number of fused-ring (bicyclic) bond motifs is 1. The molecule has 1 aliphatic carbocycles. The summed E-state index contributed by atoms with van der Waals surface area (Å²) < 4.78 is 41.8. The van der Waals surface area contributed by atoms with Crippen molar-refractivity contribution < 1.29 is 18.3 Å². The summed E-state index contributed by atoms with van der Waals surface area (Å²) in [5.41, 5.74) is 2.53. The van der Waals surface area contributed by atoms with E-state index in [4.69, 9.17) is 21.1 Å². The van der Waals surface area contributed by atoms with Gasteiger partial charge in [0.05, 0.1) is 5.38 Å². The van der Waals surface area contributed by atoms with Gasteiger partial charge in [0, 0.05) is 18.8 Å². The van der Waals surface area contributed by atoms with E-state index in [9.17, 15) is 0 Å². The molecule has 37 heavy (non-hydrogen) atoms. The van der Waals surface area contributed by atoms with Gasteiger partial charge in [-0.25, -0.2) is 8.78 Å². The fourth-order valence-electron chi connectivity index (χ4n) is 5.16. The zero-order valence-electron chi connectivity index (χ0n) is 22.8. The van der Waals surface area contributed by atoms with Crippen molar-refractivity contribution in [3.63, 3.8) is 0 Å². The molecule has 2 unspecified atom stereocenters. The zero-order valence-corrected chi connectivity index (χ0v) is 23.6. The van der Waals surface area contributed by atoms with Gasteiger partial charge in [-0.15, -0.1) is 11.6 Å². The Hall–Kier alpha value is -1.65. The van der Waals surface area contributed by atoms with Gasteiger partial charge in [0.15, 0.2) is 11.6 Å². The van der Waals surface area contributed by atoms with E-state index >= 15 is 8.78 Å². The van der Waals surface area contributed by atoms with E-state index in [1.54, 1.807) is 12.1 Å². The van der Waals surface area contributed by atoms with Crippen LogP contribution in [0.5, 0.6) is 5.75 Å². The van der Waals surface area contributed by atoms with Crippen molar-refractivity contribution in [2.24, 2.45) is 5.92 Å². The molecular weight excluding hydrogens is 490 g/mol. The quantitative estimate of drug-likeness (QED) is 0.148. The van der Waals surface area contributed by atoms with Gasteiger partial charge in [-0.2, -0.15) is 0 Å². The van der Waals surface area contributed by atoms with Crippen LogP contribution in [0.3, 0.4) is 0 Å². The number of hydrogen-bond acceptors (Lipinski definition) is 2. The average Bonchev–Trinajstić information content (AvgIpc) is 2.92. The third-order valence-corrected chi connectivity index (χ3v) is 7.82. The van der Waals surface area contributed by atoms with Gasteiger partial charge in [-0.1, -0.05) is 70.9 Å². The van der Waals surface area contributed by atoms with Crippen molar-refractivity contribution >= 4 is 11.6 Å². The van der Waals surface area contributed by atoms with E-state index in [1.165, 1.54) is 12.8 Å². The lowest BCUT2D eigenvalue weighted by Crippen LogP contribution is -2.17. The summed E-state index contributed by atoms with van der Waals surface area (Å²) in [5, 5.41) is -0.0232. The number of aryl methyl sites for hydroxylation is 1. The number of halogens is 3. The smallest absolute Gasteiger partial charge is 0.166 e. The molecule has 2 aromatic carbocycles. The first-order valence-electron chi connectivity index (χ1n) is 14.5. The van der Waals surface area contributed by atoms with E-state index in [-0.39, 0.29) is 5.38 Å². The van der Waals surface area contributed by atoms with Gasteiger partial charge in [0.1, 0.15) is 12.4 Å². The molecular formula is C32H45ClF2O2. The summed E-state index contributed by atoms with van der Waals surface area (Å²) in [6, 6.07) is 9.07. The molecule has 0 radical (unpaired) electrons. The van der Waals surface area contributed by atoms with Crippen LogP contribution in [0, 0.1) is 17.6 Å². The second-order valence-electron chi connectivity index (χ2n) is 10.5. The predicted octanol–water partition coefficient (Wildman–Crippen LogP) is 9.68. The Morgan fingerprint density at radius 3 is 2.38 bits per heavy atom. The molecule has 0 aromatic heterocycles. The van der Waals surface area contributed by atoms with Gasteiger partial charge in [0.25, 0.3) is 0 Å². The van der Waals surface area contributed by atoms with Gasteiger partial charge >= 0.3 is 0 Å². The predicted molar refractivity (Wildman–Crippen MR) is 151 cm³/mol. The topological polar surface area (TPSA) is 18.5 Å². The molecule has 0 spiro atoms. The number of hydrogen-bond donors (Lipinski definition) is 0. The minimum atomic E-state index is -0.742. The van der Waals surface area contributed by atoms with Gasteiger partial charge in [-0.3, -0.25) is 0 Å². The molecule has 2 atom stereocenters. The molecule has 2 aromatic rings. The second kappa shape index (κ2) is 16.3. The minimum Gasteiger partial charge on any atom is -0.492 e. The molecule has 0 saturated heterocycles. The highest BCUT2D eigenvalue weighted by Crippen LogP contribution is 2.36. The van der Waals surface area contributed by atoms with Crippen molar-refractivity contribution in [1.82, 2.24) is 0 Å². The molecule has 0 heterocycles. The summed E-state index contributed by atoms with van der Waals surface area (Å²) >= 11 is 6.30. The van der Waals surface area contributed by atoms with E-state index in [0.29, 0.717) is 41.4 Å². The second-order valence-corrected chi connectivity index (χ2v) is 11.2. The van der Waals surface area contributed by atoms with Gasteiger partial charge in [0.2, 0.25) is 0 Å². The highest BCUT2D eigenvalue weighted by molar-refractivity contribution is 6.20. The van der Waals surface area contributed by atoms with Crippen LogP contribution in [0.15, 0.2) is 30.3 Å². The Bertz CT molecular complexity index is 931. The first-order valence-corrected chi connectivity index (χ1v) is 14.9. The summed E-state index contributed by atoms with van der Waals surface area (Å²) in [5.74, 6) is -0.291. The van der Waals surface area contributed by atoms with Crippen molar-refractivity contribution in [3.05, 3.63) is 53.1 Å². The van der Waals surface area contributed by atoms with E-state index in [2.05, 4.69) is 13.8 Å². The molecule has 0 aliphatic heterocycles. The lowest BCUT2D eigenvalue weighted by Gasteiger charge is -2.26. The van der Waals surface area contributed by atoms with Crippen LogP contribution in [0.25, 0.3) is 11.1 Å². The fraction of sp³-hybridized carbons (Fsp3) is 0.625. The molecule has 0 N–H and O–H groups in total. The zero-order chi connectivity index (χ0) is 26.5. The minimum absolute atomic E-state index is 0.0232. The summed E-state index contributed by atoms with van der Waals surface area (Å²) in [7, 11) is 0. The van der Waals surface area contributed by atoms with Crippen LogP contribution >= 0.6 is 11.6 Å².